The van der Waals surface area contributed by atoms with Crippen molar-refractivity contribution in [2.75, 3.05) is 11.9 Å². The molecule has 132 valence electrons. The molecule has 1 aliphatic carbocycles. The maximum Gasteiger partial charge on any atom is 0.219 e. The first-order valence-corrected chi connectivity index (χ1v) is 9.53. The van der Waals surface area contributed by atoms with E-state index in [0.29, 0.717) is 12.8 Å². The Morgan fingerprint density at radius 2 is 2.00 bits per heavy atom. The zero-order valence-corrected chi connectivity index (χ0v) is 15.5. The minimum atomic E-state index is -3.61. The number of benzene rings is 1. The Hall–Kier alpha value is -1.36. The second-order valence-electron chi connectivity index (χ2n) is 7.14. The Bertz CT molecular complexity index is 778. The van der Waals surface area contributed by atoms with Gasteiger partial charge in [0, 0.05) is 12.1 Å². The Morgan fingerprint density at radius 3 is 2.46 bits per heavy atom. The highest BCUT2D eigenvalue weighted by atomic mass is 35.5. The van der Waals surface area contributed by atoms with Gasteiger partial charge in [-0.25, -0.2) is 17.5 Å². The standard InChI is InChI=1S/C16H21ClFN3O2S/c1-15(2,3)21-24(22,23)16(7-4-8-16)10-20-14-11(9-19)5-6-12(17)13(14)18/h5-6,20-21H,4,7-8,10H2,1-3H3. The SMILES string of the molecule is CC(C)(C)NS(=O)(=O)C1(CNc2c(C#N)ccc(Cl)c2F)CCC1. The molecule has 24 heavy (non-hydrogen) atoms. The van der Waals surface area contributed by atoms with Crippen molar-refractivity contribution in [1.29, 1.82) is 5.26 Å². The number of anilines is 1. The quantitative estimate of drug-likeness (QED) is 0.828. The third kappa shape index (κ3) is 3.66. The van der Waals surface area contributed by atoms with E-state index in [1.807, 2.05) is 6.07 Å². The lowest BCUT2D eigenvalue weighted by Crippen LogP contribution is -2.58. The molecule has 0 aliphatic heterocycles. The fourth-order valence-electron chi connectivity index (χ4n) is 2.69. The zero-order chi connectivity index (χ0) is 18.2. The molecule has 2 rings (SSSR count). The van der Waals surface area contributed by atoms with Crippen LogP contribution in [0.15, 0.2) is 12.1 Å². The van der Waals surface area contributed by atoms with E-state index in [0.717, 1.165) is 6.42 Å². The first-order chi connectivity index (χ1) is 11.0. The van der Waals surface area contributed by atoms with Crippen LogP contribution >= 0.6 is 11.6 Å². The number of hydrogen-bond donors (Lipinski definition) is 2. The Kier molecular flexibility index (Phi) is 5.14. The summed E-state index contributed by atoms with van der Waals surface area (Å²) in [5, 5.41) is 11.8. The topological polar surface area (TPSA) is 82.0 Å². The number of nitrogens with zero attached hydrogens (tertiary/aromatic N) is 1. The fraction of sp³-hybridized carbons (Fsp3) is 0.562. The molecule has 0 amide bonds. The summed E-state index contributed by atoms with van der Waals surface area (Å²) in [6.45, 7) is 5.34. The van der Waals surface area contributed by atoms with Crippen LogP contribution in [0.2, 0.25) is 5.02 Å². The van der Waals surface area contributed by atoms with Gasteiger partial charge < -0.3 is 5.32 Å². The normalized spacial score (nSPS) is 17.0. The summed E-state index contributed by atoms with van der Waals surface area (Å²) in [5.74, 6) is -0.744. The molecule has 1 saturated carbocycles. The van der Waals surface area contributed by atoms with Crippen LogP contribution in [0.4, 0.5) is 10.1 Å². The van der Waals surface area contributed by atoms with E-state index in [1.165, 1.54) is 12.1 Å². The molecule has 0 unspecified atom stereocenters. The van der Waals surface area contributed by atoms with Crippen molar-refractivity contribution in [3.8, 4) is 6.07 Å². The molecule has 0 atom stereocenters. The average Bonchev–Trinajstić information content (AvgIpc) is 2.39. The van der Waals surface area contributed by atoms with Crippen LogP contribution in [0.25, 0.3) is 0 Å². The minimum Gasteiger partial charge on any atom is -0.380 e. The molecule has 0 bridgehead atoms. The first-order valence-electron chi connectivity index (χ1n) is 7.67. The van der Waals surface area contributed by atoms with Crippen LogP contribution in [0.3, 0.4) is 0 Å². The van der Waals surface area contributed by atoms with Crippen molar-refractivity contribution < 1.29 is 12.8 Å². The largest absolute Gasteiger partial charge is 0.380 e. The van der Waals surface area contributed by atoms with Crippen LogP contribution in [0, 0.1) is 17.1 Å². The molecule has 2 N–H and O–H groups in total. The Labute approximate surface area is 147 Å². The molecule has 0 radical (unpaired) electrons. The number of nitrogens with one attached hydrogen (secondary N) is 2. The van der Waals surface area contributed by atoms with Gasteiger partial charge >= 0.3 is 0 Å². The van der Waals surface area contributed by atoms with E-state index in [2.05, 4.69) is 10.0 Å². The highest BCUT2D eigenvalue weighted by molar-refractivity contribution is 7.91. The number of nitriles is 1. The molecule has 1 aliphatic rings. The predicted molar refractivity (Wildman–Crippen MR) is 93.0 cm³/mol. The van der Waals surface area contributed by atoms with Crippen molar-refractivity contribution >= 4 is 27.3 Å². The Balaban J connectivity index is 2.28. The zero-order valence-electron chi connectivity index (χ0n) is 13.9. The molecule has 0 aromatic heterocycles. The van der Waals surface area contributed by atoms with Gasteiger partial charge in [0.2, 0.25) is 10.0 Å². The maximum absolute atomic E-state index is 14.2. The summed E-state index contributed by atoms with van der Waals surface area (Å²) in [6, 6.07) is 4.60. The first kappa shape index (κ1) is 19.0. The molecule has 5 nitrogen and oxygen atoms in total. The summed E-state index contributed by atoms with van der Waals surface area (Å²) in [7, 11) is -3.61. The summed E-state index contributed by atoms with van der Waals surface area (Å²) < 4.78 is 41.4. The predicted octanol–water partition coefficient (Wildman–Crippen LogP) is 3.40. The Morgan fingerprint density at radius 1 is 1.38 bits per heavy atom. The third-order valence-electron chi connectivity index (χ3n) is 4.08. The van der Waals surface area contributed by atoms with Crippen LogP contribution in [0.5, 0.6) is 0 Å². The van der Waals surface area contributed by atoms with Crippen LogP contribution < -0.4 is 10.0 Å². The third-order valence-corrected chi connectivity index (χ3v) is 6.94. The molecular formula is C16H21ClFN3O2S. The van der Waals surface area contributed by atoms with Crippen molar-refractivity contribution in [3.05, 3.63) is 28.5 Å². The lowest BCUT2D eigenvalue weighted by atomic mass is 9.84. The summed E-state index contributed by atoms with van der Waals surface area (Å²) in [6.07, 6.45) is 1.75. The summed E-state index contributed by atoms with van der Waals surface area (Å²) in [4.78, 5) is 0. The maximum atomic E-state index is 14.2. The van der Waals surface area contributed by atoms with Crippen LogP contribution in [-0.2, 0) is 10.0 Å². The average molecular weight is 374 g/mol. The van der Waals surface area contributed by atoms with E-state index < -0.39 is 26.1 Å². The number of sulfonamides is 1. The summed E-state index contributed by atoms with van der Waals surface area (Å²) >= 11 is 5.76. The van der Waals surface area contributed by atoms with E-state index in [9.17, 15) is 12.8 Å². The van der Waals surface area contributed by atoms with E-state index in [4.69, 9.17) is 16.9 Å². The number of halogens is 2. The van der Waals surface area contributed by atoms with Crippen molar-refractivity contribution in [1.82, 2.24) is 4.72 Å². The van der Waals surface area contributed by atoms with Crippen molar-refractivity contribution in [2.45, 2.75) is 50.3 Å². The van der Waals surface area contributed by atoms with Crippen molar-refractivity contribution in [2.24, 2.45) is 0 Å². The van der Waals surface area contributed by atoms with Gasteiger partial charge in [0.05, 0.1) is 16.3 Å². The molecule has 0 spiro atoms. The van der Waals surface area contributed by atoms with Crippen molar-refractivity contribution in [3.63, 3.8) is 0 Å². The van der Waals surface area contributed by atoms with Gasteiger partial charge in [-0.05, 0) is 45.7 Å². The van der Waals surface area contributed by atoms with Gasteiger partial charge in [0.15, 0.2) is 5.82 Å². The van der Waals surface area contributed by atoms with E-state index >= 15 is 0 Å². The molecular weight excluding hydrogens is 353 g/mol. The molecule has 8 heteroatoms. The minimum absolute atomic E-state index is 0.0182. The van der Waals surface area contributed by atoms with Crippen LogP contribution in [0.1, 0.15) is 45.6 Å². The number of rotatable bonds is 5. The molecule has 0 heterocycles. The lowest BCUT2D eigenvalue weighted by Gasteiger charge is -2.42. The monoisotopic (exact) mass is 373 g/mol. The number of hydrogen-bond acceptors (Lipinski definition) is 4. The molecule has 1 aromatic carbocycles. The van der Waals surface area contributed by atoms with Gasteiger partial charge in [0.1, 0.15) is 10.8 Å². The highest BCUT2D eigenvalue weighted by Gasteiger charge is 2.50. The van der Waals surface area contributed by atoms with Gasteiger partial charge in [-0.3, -0.25) is 0 Å². The molecule has 0 saturated heterocycles. The van der Waals surface area contributed by atoms with E-state index in [-0.39, 0.29) is 22.8 Å². The highest BCUT2D eigenvalue weighted by Crippen LogP contribution is 2.40. The lowest BCUT2D eigenvalue weighted by molar-refractivity contribution is 0.339. The van der Waals surface area contributed by atoms with Gasteiger partial charge in [-0.15, -0.1) is 0 Å². The smallest absolute Gasteiger partial charge is 0.219 e. The fourth-order valence-corrected chi connectivity index (χ4v) is 4.96. The van der Waals surface area contributed by atoms with Gasteiger partial charge in [-0.2, -0.15) is 5.26 Å². The summed E-state index contributed by atoms with van der Waals surface area (Å²) in [5.41, 5.74) is -0.560. The van der Waals surface area contributed by atoms with Gasteiger partial charge in [-0.1, -0.05) is 18.0 Å². The van der Waals surface area contributed by atoms with E-state index in [1.54, 1.807) is 20.8 Å². The second-order valence-corrected chi connectivity index (χ2v) is 9.63. The molecule has 1 aromatic rings. The molecule has 1 fully saturated rings. The van der Waals surface area contributed by atoms with Gasteiger partial charge in [0.25, 0.3) is 0 Å². The second kappa shape index (κ2) is 6.51. The van der Waals surface area contributed by atoms with Crippen LogP contribution in [-0.4, -0.2) is 25.2 Å².